The number of hydrogen-bond donors (Lipinski definition) is 3. The Kier molecular flexibility index (Phi) is 8.78. The Balaban J connectivity index is 1.66. The van der Waals surface area contributed by atoms with Crippen LogP contribution in [0.25, 0.3) is 17.2 Å². The normalized spacial score (nSPS) is 13.5. The number of methoxy groups -OCH3 is 2. The summed E-state index contributed by atoms with van der Waals surface area (Å²) in [6, 6.07) is 12.0. The van der Waals surface area contributed by atoms with Crippen LogP contribution in [0.2, 0.25) is 6.32 Å². The zero-order valence-corrected chi connectivity index (χ0v) is 22.5. The first kappa shape index (κ1) is 28.0. The van der Waals surface area contributed by atoms with Gasteiger partial charge in [0.1, 0.15) is 5.82 Å². The van der Waals surface area contributed by atoms with Crippen molar-refractivity contribution < 1.29 is 33.4 Å². The Morgan fingerprint density at radius 2 is 1.82 bits per heavy atom. The van der Waals surface area contributed by atoms with Crippen LogP contribution in [-0.2, 0) is 18.4 Å². The Labute approximate surface area is 227 Å². The molecule has 8 nitrogen and oxygen atoms in total. The van der Waals surface area contributed by atoms with E-state index in [0.717, 1.165) is 33.5 Å². The fourth-order valence-electron chi connectivity index (χ4n) is 4.63. The van der Waals surface area contributed by atoms with E-state index in [9.17, 15) is 9.18 Å². The molecule has 0 radical (unpaired) electrons. The predicted octanol–water partition coefficient (Wildman–Crippen LogP) is 4.07. The lowest BCUT2D eigenvalue weighted by atomic mass is 9.87. The van der Waals surface area contributed by atoms with Crippen molar-refractivity contribution in [2.45, 2.75) is 26.2 Å². The molecule has 204 valence electrons. The third-order valence-electron chi connectivity index (χ3n) is 6.73. The molecule has 1 amide bonds. The fraction of sp³-hybridized carbons (Fsp3) is 0.276. The van der Waals surface area contributed by atoms with Crippen LogP contribution in [0.4, 0.5) is 4.39 Å². The molecule has 3 N–H and O–H groups in total. The minimum absolute atomic E-state index is 0.0248. The topological polar surface area (TPSA) is 102 Å². The number of aryl methyl sites for hydroxylation is 1. The van der Waals surface area contributed by atoms with Crippen LogP contribution in [0, 0.1) is 5.82 Å². The van der Waals surface area contributed by atoms with Gasteiger partial charge in [-0.2, -0.15) is 0 Å². The van der Waals surface area contributed by atoms with E-state index in [0.29, 0.717) is 29.4 Å². The smallest absolute Gasteiger partial charge is 0.454 e. The van der Waals surface area contributed by atoms with E-state index < -0.39 is 7.12 Å². The van der Waals surface area contributed by atoms with Crippen LogP contribution < -0.4 is 19.5 Å². The summed E-state index contributed by atoms with van der Waals surface area (Å²) in [5.41, 5.74) is 5.74. The van der Waals surface area contributed by atoms with Gasteiger partial charge >= 0.3 is 7.12 Å². The van der Waals surface area contributed by atoms with Crippen LogP contribution in [-0.4, -0.2) is 48.5 Å². The molecule has 0 saturated heterocycles. The van der Waals surface area contributed by atoms with Crippen molar-refractivity contribution in [3.05, 3.63) is 82.4 Å². The van der Waals surface area contributed by atoms with Gasteiger partial charge in [0.15, 0.2) is 11.5 Å². The lowest BCUT2D eigenvalue weighted by Gasteiger charge is -2.16. The molecule has 2 aromatic carbocycles. The van der Waals surface area contributed by atoms with Crippen molar-refractivity contribution in [1.29, 1.82) is 0 Å². The monoisotopic (exact) mass is 534 g/mol. The molecule has 0 aliphatic heterocycles. The van der Waals surface area contributed by atoms with E-state index in [1.54, 1.807) is 18.2 Å². The largest absolute Gasteiger partial charge is 0.493 e. The fourth-order valence-corrected chi connectivity index (χ4v) is 4.63. The highest BCUT2D eigenvalue weighted by molar-refractivity contribution is 6.41. The van der Waals surface area contributed by atoms with Crippen molar-refractivity contribution in [2.24, 2.45) is 7.05 Å². The van der Waals surface area contributed by atoms with Crippen LogP contribution in [0.1, 0.15) is 35.7 Å². The summed E-state index contributed by atoms with van der Waals surface area (Å²) in [5.74, 6) is 0.641. The highest BCUT2D eigenvalue weighted by Gasteiger charge is 2.26. The van der Waals surface area contributed by atoms with E-state index in [-0.39, 0.29) is 31.1 Å². The van der Waals surface area contributed by atoms with E-state index >= 15 is 0 Å². The summed E-state index contributed by atoms with van der Waals surface area (Å²) < 4.78 is 33.0. The number of ether oxygens (including phenoxy) is 3. The number of carbonyl (C=O) groups excluding carboxylic acids is 1. The second-order valence-corrected chi connectivity index (χ2v) is 9.29. The van der Waals surface area contributed by atoms with E-state index in [2.05, 4.69) is 5.32 Å². The molecule has 1 aliphatic rings. The lowest BCUT2D eigenvalue weighted by Crippen LogP contribution is -2.23. The van der Waals surface area contributed by atoms with E-state index in [1.165, 1.54) is 26.4 Å². The van der Waals surface area contributed by atoms with Gasteiger partial charge in [-0.25, -0.2) is 4.39 Å². The highest BCUT2D eigenvalue weighted by atomic mass is 19.1. The van der Waals surface area contributed by atoms with Crippen molar-refractivity contribution in [2.75, 3.05) is 20.8 Å². The van der Waals surface area contributed by atoms with Crippen molar-refractivity contribution >= 4 is 30.2 Å². The van der Waals surface area contributed by atoms with Crippen LogP contribution in [0.15, 0.2) is 54.2 Å². The molecule has 0 atom stereocenters. The van der Waals surface area contributed by atoms with Gasteiger partial charge in [0.25, 0.3) is 0 Å². The molecule has 10 heteroatoms. The average Bonchev–Trinajstić information content (AvgIpc) is 3.43. The molecule has 0 unspecified atom stereocenters. The van der Waals surface area contributed by atoms with Gasteiger partial charge in [-0.05, 0) is 82.8 Å². The number of allylic oxidation sites excluding steroid dienone is 2. The Hall–Kier alpha value is -4.02. The average molecular weight is 534 g/mol. The first-order valence-corrected chi connectivity index (χ1v) is 12.6. The highest BCUT2D eigenvalue weighted by Crippen LogP contribution is 2.45. The number of nitrogens with zero attached hydrogens (tertiary/aromatic N) is 1. The van der Waals surface area contributed by atoms with Crippen molar-refractivity contribution in [3.8, 4) is 17.2 Å². The molecule has 0 bridgehead atoms. The van der Waals surface area contributed by atoms with Gasteiger partial charge in [0.2, 0.25) is 11.7 Å². The maximum atomic E-state index is 14.3. The number of halogens is 1. The second-order valence-electron chi connectivity index (χ2n) is 9.29. The SMILES string of the molecule is COc1cc(/C=C2/C(C)=C(CC(=O)NCc3cccn3C)c3cc(F)ccc32)cc(OC)c1OCCB(O)O. The molecule has 3 aromatic rings. The summed E-state index contributed by atoms with van der Waals surface area (Å²) in [5, 5.41) is 21.2. The van der Waals surface area contributed by atoms with E-state index in [1.807, 2.05) is 42.9 Å². The number of fused-ring (bicyclic) bond motifs is 1. The molecule has 0 fully saturated rings. The summed E-state index contributed by atoms with van der Waals surface area (Å²) in [6.07, 6.45) is 3.99. The van der Waals surface area contributed by atoms with Gasteiger partial charge in [-0.15, -0.1) is 0 Å². The molecular weight excluding hydrogens is 502 g/mol. The zero-order valence-electron chi connectivity index (χ0n) is 22.5. The molecule has 0 saturated carbocycles. The summed E-state index contributed by atoms with van der Waals surface area (Å²) in [7, 11) is 3.44. The van der Waals surface area contributed by atoms with Crippen LogP contribution >= 0.6 is 0 Å². The summed E-state index contributed by atoms with van der Waals surface area (Å²) in [4.78, 5) is 12.9. The zero-order chi connectivity index (χ0) is 28.1. The molecule has 4 rings (SSSR count). The van der Waals surface area contributed by atoms with Gasteiger partial charge in [-0.1, -0.05) is 6.07 Å². The number of benzene rings is 2. The summed E-state index contributed by atoms with van der Waals surface area (Å²) in [6.45, 7) is 2.38. The number of rotatable bonds is 11. The van der Waals surface area contributed by atoms with Gasteiger partial charge in [0.05, 0.1) is 33.8 Å². The van der Waals surface area contributed by atoms with Crippen molar-refractivity contribution in [1.82, 2.24) is 9.88 Å². The quantitative estimate of drug-likeness (QED) is 0.321. The second kappa shape index (κ2) is 12.2. The van der Waals surface area contributed by atoms with Gasteiger partial charge in [-0.3, -0.25) is 4.79 Å². The van der Waals surface area contributed by atoms with Crippen LogP contribution in [0.3, 0.4) is 0 Å². The Morgan fingerprint density at radius 3 is 2.44 bits per heavy atom. The van der Waals surface area contributed by atoms with E-state index in [4.69, 9.17) is 24.3 Å². The number of carbonyl (C=O) groups is 1. The Morgan fingerprint density at radius 1 is 1.10 bits per heavy atom. The molecule has 1 aromatic heterocycles. The lowest BCUT2D eigenvalue weighted by molar-refractivity contribution is -0.120. The summed E-state index contributed by atoms with van der Waals surface area (Å²) >= 11 is 0. The number of amides is 1. The molecule has 0 spiro atoms. The third kappa shape index (κ3) is 6.35. The minimum Gasteiger partial charge on any atom is -0.493 e. The number of aromatic nitrogens is 1. The van der Waals surface area contributed by atoms with Gasteiger partial charge < -0.3 is 34.1 Å². The molecule has 1 aliphatic carbocycles. The standard InChI is InChI=1S/C29H32BFN2O6/c1-18-23(12-19-13-26(37-3)29(27(14-19)38-4)39-11-9-30(35)36)22-8-7-20(31)15-25(22)24(18)16-28(34)32-17-21-6-5-10-33(21)2/h5-8,10,12-15,35-36H,9,11,16-17H2,1-4H3,(H,32,34)/b23-12-. The van der Waals surface area contributed by atoms with Crippen molar-refractivity contribution in [3.63, 3.8) is 0 Å². The first-order chi connectivity index (χ1) is 18.7. The molecular formula is C29H32BFN2O6. The minimum atomic E-state index is -1.48. The predicted molar refractivity (Wildman–Crippen MR) is 149 cm³/mol. The maximum Gasteiger partial charge on any atom is 0.454 e. The third-order valence-corrected chi connectivity index (χ3v) is 6.73. The van der Waals surface area contributed by atoms with Crippen LogP contribution in [0.5, 0.6) is 17.2 Å². The Bertz CT molecular complexity index is 1400. The number of hydrogen-bond acceptors (Lipinski definition) is 6. The molecule has 1 heterocycles. The first-order valence-electron chi connectivity index (χ1n) is 12.6. The maximum absolute atomic E-state index is 14.3. The van der Waals surface area contributed by atoms with Gasteiger partial charge in [0, 0.05) is 25.3 Å². The molecule has 39 heavy (non-hydrogen) atoms. The number of nitrogens with one attached hydrogen (secondary N) is 1.